The molecule has 0 fully saturated rings. The molecule has 0 saturated carbocycles. The normalized spacial score (nSPS) is 10.3. The zero-order valence-electron chi connectivity index (χ0n) is 3.32. The fourth-order valence-electron chi connectivity index (χ4n) is 0.126. The van der Waals surface area contributed by atoms with E-state index in [1.54, 1.807) is 0 Å². The summed E-state index contributed by atoms with van der Waals surface area (Å²) in [6.07, 6.45) is 2.28. The summed E-state index contributed by atoms with van der Waals surface area (Å²) in [4.78, 5) is 0. The standard InChI is InChI=1S/C4H6F2/c5-3-1-2-4-6/h1-2H,3-4H2. The molecule has 0 N–H and O–H groups in total. The van der Waals surface area contributed by atoms with E-state index in [2.05, 4.69) is 0 Å². The van der Waals surface area contributed by atoms with Gasteiger partial charge in [0.25, 0.3) is 0 Å². The third-order valence-electron chi connectivity index (χ3n) is 0.345. The van der Waals surface area contributed by atoms with Gasteiger partial charge in [0.05, 0.1) is 0 Å². The first-order chi connectivity index (χ1) is 2.91. The maximum absolute atomic E-state index is 10.9. The lowest BCUT2D eigenvalue weighted by Crippen LogP contribution is -1.62. The predicted molar refractivity (Wildman–Crippen MR) is 21.1 cm³/mol. The average molecular weight is 92.1 g/mol. The summed E-state index contributed by atoms with van der Waals surface area (Å²) in [6, 6.07) is 0. The maximum Gasteiger partial charge on any atom is 0.108 e. The van der Waals surface area contributed by atoms with Crippen LogP contribution in [0.1, 0.15) is 0 Å². The largest absolute Gasteiger partial charge is 0.247 e. The maximum atomic E-state index is 10.9. The molecule has 0 aliphatic carbocycles. The molecule has 0 rings (SSSR count). The summed E-state index contributed by atoms with van der Waals surface area (Å²) in [5, 5.41) is 0. The predicted octanol–water partition coefficient (Wildman–Crippen LogP) is 1.48. The molecule has 0 unspecified atom stereocenters. The van der Waals surface area contributed by atoms with Gasteiger partial charge in [-0.3, -0.25) is 0 Å². The fourth-order valence-corrected chi connectivity index (χ4v) is 0.126. The van der Waals surface area contributed by atoms with Gasteiger partial charge in [0, 0.05) is 0 Å². The first-order valence-corrected chi connectivity index (χ1v) is 1.68. The second-order valence-electron chi connectivity index (χ2n) is 0.780. The molecule has 0 aromatic carbocycles. The summed E-state index contributed by atoms with van der Waals surface area (Å²) in [5.74, 6) is 0. The van der Waals surface area contributed by atoms with Crippen LogP contribution in [0.15, 0.2) is 12.2 Å². The monoisotopic (exact) mass is 92.0 g/mol. The van der Waals surface area contributed by atoms with Crippen LogP contribution in [0.4, 0.5) is 8.78 Å². The number of hydrogen-bond donors (Lipinski definition) is 0. The lowest BCUT2D eigenvalue weighted by molar-refractivity contribution is 0.543. The Morgan fingerprint density at radius 1 is 1.00 bits per heavy atom. The molecule has 0 heterocycles. The summed E-state index contributed by atoms with van der Waals surface area (Å²) >= 11 is 0. The molecule has 0 radical (unpaired) electrons. The Balaban J connectivity index is 2.73. The highest BCUT2D eigenvalue weighted by molar-refractivity contribution is 4.79. The zero-order chi connectivity index (χ0) is 4.83. The van der Waals surface area contributed by atoms with Gasteiger partial charge in [0.2, 0.25) is 0 Å². The summed E-state index contributed by atoms with van der Waals surface area (Å²) < 4.78 is 21.9. The van der Waals surface area contributed by atoms with Gasteiger partial charge >= 0.3 is 0 Å². The van der Waals surface area contributed by atoms with Crippen LogP contribution in [0.3, 0.4) is 0 Å². The van der Waals surface area contributed by atoms with Gasteiger partial charge in [-0.15, -0.1) is 0 Å². The lowest BCUT2D eigenvalue weighted by atomic mass is 10.6. The summed E-state index contributed by atoms with van der Waals surface area (Å²) in [6.45, 7) is -1.13. The quantitative estimate of drug-likeness (QED) is 0.452. The highest BCUT2D eigenvalue weighted by Gasteiger charge is 1.65. The fraction of sp³-hybridized carbons (Fsp3) is 0.500. The van der Waals surface area contributed by atoms with Crippen molar-refractivity contribution in [3.8, 4) is 0 Å². The molecule has 0 nitrogen and oxygen atoms in total. The van der Waals surface area contributed by atoms with Gasteiger partial charge in [-0.2, -0.15) is 0 Å². The summed E-state index contributed by atoms with van der Waals surface area (Å²) in [5.41, 5.74) is 0. The van der Waals surface area contributed by atoms with E-state index in [9.17, 15) is 8.78 Å². The van der Waals surface area contributed by atoms with Gasteiger partial charge < -0.3 is 0 Å². The third kappa shape index (κ3) is 3.60. The van der Waals surface area contributed by atoms with Gasteiger partial charge in [-0.1, -0.05) is 12.2 Å². The van der Waals surface area contributed by atoms with E-state index in [1.807, 2.05) is 0 Å². The molecule has 0 aliphatic heterocycles. The van der Waals surface area contributed by atoms with Crippen molar-refractivity contribution in [1.29, 1.82) is 0 Å². The van der Waals surface area contributed by atoms with Crippen LogP contribution in [-0.4, -0.2) is 13.3 Å². The first kappa shape index (κ1) is 5.60. The Morgan fingerprint density at radius 3 is 1.50 bits per heavy atom. The molecule has 0 bridgehead atoms. The second-order valence-corrected chi connectivity index (χ2v) is 0.780. The van der Waals surface area contributed by atoms with E-state index in [0.29, 0.717) is 0 Å². The minimum atomic E-state index is -0.566. The van der Waals surface area contributed by atoms with Crippen LogP contribution in [0, 0.1) is 0 Å². The number of rotatable bonds is 2. The van der Waals surface area contributed by atoms with Crippen LogP contribution >= 0.6 is 0 Å². The van der Waals surface area contributed by atoms with Crippen LogP contribution in [0.25, 0.3) is 0 Å². The highest BCUT2D eigenvalue weighted by atomic mass is 19.1. The zero-order valence-corrected chi connectivity index (χ0v) is 3.32. The number of allylic oxidation sites excluding steroid dienone is 2. The van der Waals surface area contributed by atoms with Gasteiger partial charge in [-0.25, -0.2) is 8.78 Å². The Bertz CT molecular complexity index is 34.8. The molecule has 0 aromatic heterocycles. The van der Waals surface area contributed by atoms with Crippen molar-refractivity contribution in [2.75, 3.05) is 13.3 Å². The minimum Gasteiger partial charge on any atom is -0.247 e. The van der Waals surface area contributed by atoms with Crippen LogP contribution in [0.5, 0.6) is 0 Å². The van der Waals surface area contributed by atoms with E-state index in [1.165, 1.54) is 0 Å². The molecular formula is C4H6F2. The minimum absolute atomic E-state index is 0.566. The number of halogens is 2. The smallest absolute Gasteiger partial charge is 0.108 e. The highest BCUT2D eigenvalue weighted by Crippen LogP contribution is 1.73. The Labute approximate surface area is 35.5 Å². The molecule has 2 heteroatoms. The van der Waals surface area contributed by atoms with E-state index < -0.39 is 13.3 Å². The van der Waals surface area contributed by atoms with Crippen LogP contribution in [-0.2, 0) is 0 Å². The lowest BCUT2D eigenvalue weighted by Gasteiger charge is -1.68. The van der Waals surface area contributed by atoms with Crippen molar-refractivity contribution in [1.82, 2.24) is 0 Å². The molecule has 0 saturated heterocycles. The molecule has 0 spiro atoms. The van der Waals surface area contributed by atoms with Gasteiger partial charge in [-0.05, 0) is 0 Å². The Hall–Kier alpha value is -0.400. The van der Waals surface area contributed by atoms with Crippen LogP contribution in [0.2, 0.25) is 0 Å². The number of hydrogen-bond acceptors (Lipinski definition) is 0. The topological polar surface area (TPSA) is 0 Å². The van der Waals surface area contributed by atoms with Gasteiger partial charge in [0.15, 0.2) is 0 Å². The molecule has 6 heavy (non-hydrogen) atoms. The SMILES string of the molecule is FCC=CCF. The van der Waals surface area contributed by atoms with Crippen molar-refractivity contribution in [3.05, 3.63) is 12.2 Å². The van der Waals surface area contributed by atoms with E-state index in [4.69, 9.17) is 0 Å². The average Bonchev–Trinajstić information content (AvgIpc) is 1.61. The molecule has 0 aromatic rings. The number of alkyl halides is 2. The van der Waals surface area contributed by atoms with E-state index >= 15 is 0 Å². The second kappa shape index (κ2) is 4.60. The molecule has 0 amide bonds. The van der Waals surface area contributed by atoms with Crippen molar-refractivity contribution in [2.24, 2.45) is 0 Å². The van der Waals surface area contributed by atoms with E-state index in [0.717, 1.165) is 12.2 Å². The van der Waals surface area contributed by atoms with Crippen molar-refractivity contribution in [2.45, 2.75) is 0 Å². The molecular weight excluding hydrogens is 86.0 g/mol. The van der Waals surface area contributed by atoms with Crippen molar-refractivity contribution < 1.29 is 8.78 Å². The molecule has 36 valence electrons. The van der Waals surface area contributed by atoms with E-state index in [-0.39, 0.29) is 0 Å². The summed E-state index contributed by atoms with van der Waals surface area (Å²) in [7, 11) is 0. The Morgan fingerprint density at radius 2 is 1.33 bits per heavy atom. The van der Waals surface area contributed by atoms with Crippen molar-refractivity contribution in [3.63, 3.8) is 0 Å². The Kier molecular flexibility index (Phi) is 4.29. The first-order valence-electron chi connectivity index (χ1n) is 1.68. The third-order valence-corrected chi connectivity index (χ3v) is 0.345. The van der Waals surface area contributed by atoms with Crippen molar-refractivity contribution >= 4 is 0 Å². The van der Waals surface area contributed by atoms with Crippen LogP contribution < -0.4 is 0 Å². The molecule has 0 aliphatic rings. The molecule has 0 atom stereocenters. The van der Waals surface area contributed by atoms with Gasteiger partial charge in [0.1, 0.15) is 13.3 Å².